The van der Waals surface area contributed by atoms with E-state index in [0.29, 0.717) is 24.4 Å². The van der Waals surface area contributed by atoms with Crippen molar-refractivity contribution >= 4 is 17.7 Å². The van der Waals surface area contributed by atoms with Crippen LogP contribution in [0.1, 0.15) is 33.6 Å². The summed E-state index contributed by atoms with van der Waals surface area (Å²) >= 11 is 0. The number of aromatic nitrogens is 1. The van der Waals surface area contributed by atoms with Crippen molar-refractivity contribution < 1.29 is 19.1 Å². The summed E-state index contributed by atoms with van der Waals surface area (Å²) in [6, 6.07) is 3.34. The normalized spacial score (nSPS) is 15.6. The first-order valence-corrected chi connectivity index (χ1v) is 7.07. The smallest absolute Gasteiger partial charge is 0.408 e. The van der Waals surface area contributed by atoms with Crippen molar-refractivity contribution in [2.75, 3.05) is 12.4 Å². The maximum absolute atomic E-state index is 12.3. The average Bonchev–Trinajstić information content (AvgIpc) is 3.18. The number of anilines is 1. The lowest BCUT2D eigenvalue weighted by atomic mass is 10.2. The van der Waals surface area contributed by atoms with Crippen molar-refractivity contribution in [3.05, 3.63) is 18.3 Å². The second kappa shape index (κ2) is 5.82. The fourth-order valence-electron chi connectivity index (χ4n) is 1.86. The molecule has 1 aromatic rings. The van der Waals surface area contributed by atoms with Crippen molar-refractivity contribution in [3.8, 4) is 5.88 Å². The molecule has 1 fully saturated rings. The Morgan fingerprint density at radius 1 is 1.27 bits per heavy atom. The predicted molar refractivity (Wildman–Crippen MR) is 80.8 cm³/mol. The molecule has 7 heteroatoms. The summed E-state index contributed by atoms with van der Waals surface area (Å²) < 4.78 is 10.1. The number of amides is 2. The van der Waals surface area contributed by atoms with Gasteiger partial charge in [-0.15, -0.1) is 0 Å². The van der Waals surface area contributed by atoms with Crippen LogP contribution in [0.4, 0.5) is 10.5 Å². The average molecular weight is 307 g/mol. The number of ether oxygens (including phenoxy) is 2. The number of pyridine rings is 1. The van der Waals surface area contributed by atoms with Gasteiger partial charge in [0.2, 0.25) is 11.8 Å². The van der Waals surface area contributed by atoms with Gasteiger partial charge in [0.25, 0.3) is 0 Å². The van der Waals surface area contributed by atoms with Crippen molar-refractivity contribution in [1.82, 2.24) is 10.3 Å². The Kier molecular flexibility index (Phi) is 4.25. The molecule has 0 aromatic carbocycles. The molecule has 1 heterocycles. The van der Waals surface area contributed by atoms with Gasteiger partial charge >= 0.3 is 6.09 Å². The molecule has 22 heavy (non-hydrogen) atoms. The van der Waals surface area contributed by atoms with Gasteiger partial charge < -0.3 is 20.1 Å². The SMILES string of the molecule is COc1ccc(NC(=O)C2(NC(=O)OC(C)(C)C)CC2)cn1. The van der Waals surface area contributed by atoms with Crippen LogP contribution in [0.2, 0.25) is 0 Å². The second-order valence-electron chi connectivity index (χ2n) is 6.25. The van der Waals surface area contributed by atoms with Crippen molar-refractivity contribution in [1.29, 1.82) is 0 Å². The molecular weight excluding hydrogens is 286 g/mol. The highest BCUT2D eigenvalue weighted by Gasteiger charge is 2.52. The Morgan fingerprint density at radius 3 is 2.41 bits per heavy atom. The first kappa shape index (κ1) is 16.1. The summed E-state index contributed by atoms with van der Waals surface area (Å²) in [5, 5.41) is 5.39. The number of rotatable bonds is 4. The lowest BCUT2D eigenvalue weighted by Gasteiger charge is -2.23. The van der Waals surface area contributed by atoms with E-state index < -0.39 is 17.2 Å². The van der Waals surface area contributed by atoms with Crippen LogP contribution in [0.3, 0.4) is 0 Å². The minimum Gasteiger partial charge on any atom is -0.481 e. The fraction of sp³-hybridized carbons (Fsp3) is 0.533. The van der Waals surface area contributed by atoms with Gasteiger partial charge in [-0.2, -0.15) is 0 Å². The van der Waals surface area contributed by atoms with E-state index in [9.17, 15) is 9.59 Å². The molecule has 1 saturated carbocycles. The van der Waals surface area contributed by atoms with Crippen LogP contribution in [-0.4, -0.2) is 35.2 Å². The third-order valence-corrected chi connectivity index (χ3v) is 3.13. The van der Waals surface area contributed by atoms with Gasteiger partial charge in [0.1, 0.15) is 11.1 Å². The highest BCUT2D eigenvalue weighted by Crippen LogP contribution is 2.36. The van der Waals surface area contributed by atoms with Gasteiger partial charge in [0, 0.05) is 6.07 Å². The zero-order chi connectivity index (χ0) is 16.4. The second-order valence-corrected chi connectivity index (χ2v) is 6.25. The number of nitrogens with one attached hydrogen (secondary N) is 2. The lowest BCUT2D eigenvalue weighted by Crippen LogP contribution is -2.47. The topological polar surface area (TPSA) is 89.6 Å². The van der Waals surface area contributed by atoms with E-state index in [1.54, 1.807) is 32.9 Å². The molecule has 1 aromatic heterocycles. The van der Waals surface area contributed by atoms with Crippen LogP contribution < -0.4 is 15.4 Å². The molecule has 1 aliphatic carbocycles. The summed E-state index contributed by atoms with van der Waals surface area (Å²) in [6.45, 7) is 5.32. The van der Waals surface area contributed by atoms with Gasteiger partial charge in [0.15, 0.2) is 0 Å². The quantitative estimate of drug-likeness (QED) is 0.889. The first-order valence-electron chi connectivity index (χ1n) is 7.07. The zero-order valence-electron chi connectivity index (χ0n) is 13.2. The van der Waals surface area contributed by atoms with E-state index in [2.05, 4.69) is 15.6 Å². The third-order valence-electron chi connectivity index (χ3n) is 3.13. The van der Waals surface area contributed by atoms with E-state index in [1.807, 2.05) is 0 Å². The molecule has 0 unspecified atom stereocenters. The number of hydrogen-bond acceptors (Lipinski definition) is 5. The maximum atomic E-state index is 12.3. The summed E-state index contributed by atoms with van der Waals surface area (Å²) in [6.07, 6.45) is 2.08. The van der Waals surface area contributed by atoms with E-state index >= 15 is 0 Å². The van der Waals surface area contributed by atoms with E-state index in [4.69, 9.17) is 9.47 Å². The van der Waals surface area contributed by atoms with E-state index in [1.165, 1.54) is 13.3 Å². The first-order chi connectivity index (χ1) is 10.2. The van der Waals surface area contributed by atoms with Crippen LogP contribution in [0.15, 0.2) is 18.3 Å². The van der Waals surface area contributed by atoms with E-state index in [0.717, 1.165) is 0 Å². The molecule has 7 nitrogen and oxygen atoms in total. The molecule has 0 aliphatic heterocycles. The Balaban J connectivity index is 1.95. The summed E-state index contributed by atoms with van der Waals surface area (Å²) in [7, 11) is 1.52. The Bertz CT molecular complexity index is 559. The predicted octanol–water partition coefficient (Wildman–Crippen LogP) is 2.09. The van der Waals surface area contributed by atoms with E-state index in [-0.39, 0.29) is 5.91 Å². The Morgan fingerprint density at radius 2 is 1.95 bits per heavy atom. The molecule has 2 N–H and O–H groups in total. The third kappa shape index (κ3) is 4.09. The standard InChI is InChI=1S/C15H21N3O4/c1-14(2,3)22-13(20)18-15(7-8-15)12(19)17-10-5-6-11(21-4)16-9-10/h5-6,9H,7-8H2,1-4H3,(H,17,19)(H,18,20). The molecule has 0 radical (unpaired) electrons. The van der Waals surface area contributed by atoms with Gasteiger partial charge in [-0.25, -0.2) is 9.78 Å². The van der Waals surface area contributed by atoms with Crippen LogP contribution in [0, 0.1) is 0 Å². The van der Waals surface area contributed by atoms with Crippen LogP contribution in [0.25, 0.3) is 0 Å². The van der Waals surface area contributed by atoms with Crippen LogP contribution in [0.5, 0.6) is 5.88 Å². The number of carbonyl (C=O) groups is 2. The van der Waals surface area contributed by atoms with Gasteiger partial charge in [-0.3, -0.25) is 4.79 Å². The number of alkyl carbamates (subject to hydrolysis) is 1. The minimum absolute atomic E-state index is 0.273. The van der Waals surface area contributed by atoms with Gasteiger partial charge in [0.05, 0.1) is 19.0 Å². The fourth-order valence-corrected chi connectivity index (χ4v) is 1.86. The molecule has 0 bridgehead atoms. The zero-order valence-corrected chi connectivity index (χ0v) is 13.2. The van der Waals surface area contributed by atoms with Crippen molar-refractivity contribution in [2.24, 2.45) is 0 Å². The molecule has 120 valence electrons. The summed E-state index contributed by atoms with van der Waals surface area (Å²) in [4.78, 5) is 28.1. The van der Waals surface area contributed by atoms with Crippen molar-refractivity contribution in [3.63, 3.8) is 0 Å². The summed E-state index contributed by atoms with van der Waals surface area (Å²) in [5.74, 6) is 0.191. The number of nitrogens with zero attached hydrogens (tertiary/aromatic N) is 1. The maximum Gasteiger partial charge on any atom is 0.408 e. The molecule has 0 saturated heterocycles. The monoisotopic (exact) mass is 307 g/mol. The molecule has 1 aliphatic rings. The number of methoxy groups -OCH3 is 1. The molecular formula is C15H21N3O4. The van der Waals surface area contributed by atoms with Crippen LogP contribution >= 0.6 is 0 Å². The Labute approximate surface area is 129 Å². The molecule has 2 amide bonds. The number of hydrogen-bond donors (Lipinski definition) is 2. The molecule has 0 atom stereocenters. The van der Waals surface area contributed by atoms with Crippen LogP contribution in [-0.2, 0) is 9.53 Å². The lowest BCUT2D eigenvalue weighted by molar-refractivity contribution is -0.119. The minimum atomic E-state index is -0.887. The van der Waals surface area contributed by atoms with Crippen molar-refractivity contribution in [2.45, 2.75) is 44.8 Å². The molecule has 0 spiro atoms. The Hall–Kier alpha value is -2.31. The largest absolute Gasteiger partial charge is 0.481 e. The highest BCUT2D eigenvalue weighted by atomic mass is 16.6. The number of carbonyl (C=O) groups excluding carboxylic acids is 2. The molecule has 2 rings (SSSR count). The highest BCUT2D eigenvalue weighted by molar-refractivity contribution is 6.02. The van der Waals surface area contributed by atoms with Gasteiger partial charge in [-0.1, -0.05) is 0 Å². The van der Waals surface area contributed by atoms with Gasteiger partial charge in [-0.05, 0) is 39.7 Å². The summed E-state index contributed by atoms with van der Waals surface area (Å²) in [5.41, 5.74) is -0.943.